The van der Waals surface area contributed by atoms with Crippen molar-refractivity contribution in [2.45, 2.75) is 19.4 Å². The first-order valence-electron chi connectivity index (χ1n) is 6.73. The molecule has 2 aromatic rings. The Bertz CT molecular complexity index is 616. The summed E-state index contributed by atoms with van der Waals surface area (Å²) < 4.78 is 0. The summed E-state index contributed by atoms with van der Waals surface area (Å²) in [6.45, 7) is 2.35. The molecular weight excluding hydrogens is 268 g/mol. The van der Waals surface area contributed by atoms with Gasteiger partial charge in [-0.05, 0) is 25.0 Å². The molecule has 0 spiro atoms. The van der Waals surface area contributed by atoms with Crippen LogP contribution < -0.4 is 11.1 Å². The van der Waals surface area contributed by atoms with Crippen LogP contribution in [0.2, 0.25) is 0 Å². The molecule has 1 atom stereocenters. The van der Waals surface area contributed by atoms with Crippen molar-refractivity contribution in [1.82, 2.24) is 4.98 Å². The standard InChI is InChI=1S/C15H18N4O2/c1-11-9-15(18-10-14(11)19(20)21)17-8-7-13(16)12-5-3-2-4-6-12/h2-6,9-10,13H,7-8,16H2,1H3,(H,17,18). The third-order valence-corrected chi connectivity index (χ3v) is 3.27. The predicted octanol–water partition coefficient (Wildman–Crippen LogP) is 2.80. The van der Waals surface area contributed by atoms with Gasteiger partial charge in [-0.2, -0.15) is 0 Å². The fraction of sp³-hybridized carbons (Fsp3) is 0.267. The van der Waals surface area contributed by atoms with E-state index in [2.05, 4.69) is 10.3 Å². The van der Waals surface area contributed by atoms with E-state index < -0.39 is 4.92 Å². The Balaban J connectivity index is 1.89. The van der Waals surface area contributed by atoms with Crippen molar-refractivity contribution in [3.05, 3.63) is 63.8 Å². The molecule has 0 saturated heterocycles. The quantitative estimate of drug-likeness (QED) is 0.629. The number of hydrogen-bond acceptors (Lipinski definition) is 5. The Morgan fingerprint density at radius 2 is 2.10 bits per heavy atom. The summed E-state index contributed by atoms with van der Waals surface area (Å²) in [4.78, 5) is 14.3. The van der Waals surface area contributed by atoms with E-state index in [1.165, 1.54) is 6.20 Å². The SMILES string of the molecule is Cc1cc(NCCC(N)c2ccccc2)ncc1[N+](=O)[O-]. The third-order valence-electron chi connectivity index (χ3n) is 3.27. The average molecular weight is 286 g/mol. The van der Waals surface area contributed by atoms with E-state index in [1.54, 1.807) is 13.0 Å². The first-order valence-corrected chi connectivity index (χ1v) is 6.73. The summed E-state index contributed by atoms with van der Waals surface area (Å²) in [5, 5.41) is 13.9. The van der Waals surface area contributed by atoms with Crippen LogP contribution in [-0.4, -0.2) is 16.5 Å². The monoisotopic (exact) mass is 286 g/mol. The van der Waals surface area contributed by atoms with Crippen LogP contribution in [-0.2, 0) is 0 Å². The van der Waals surface area contributed by atoms with E-state index in [1.807, 2.05) is 30.3 Å². The molecule has 0 radical (unpaired) electrons. The number of anilines is 1. The molecule has 0 fully saturated rings. The molecule has 0 saturated carbocycles. The Labute approximate surface area is 123 Å². The molecule has 6 nitrogen and oxygen atoms in total. The molecule has 0 bridgehead atoms. The van der Waals surface area contributed by atoms with Crippen LogP contribution in [0.15, 0.2) is 42.6 Å². The lowest BCUT2D eigenvalue weighted by molar-refractivity contribution is -0.385. The highest BCUT2D eigenvalue weighted by atomic mass is 16.6. The van der Waals surface area contributed by atoms with Crippen molar-refractivity contribution >= 4 is 11.5 Å². The Hall–Kier alpha value is -2.47. The number of nitrogens with zero attached hydrogens (tertiary/aromatic N) is 2. The number of pyridine rings is 1. The zero-order valence-corrected chi connectivity index (χ0v) is 11.8. The zero-order chi connectivity index (χ0) is 15.2. The number of rotatable bonds is 6. The largest absolute Gasteiger partial charge is 0.370 e. The molecule has 2 rings (SSSR count). The summed E-state index contributed by atoms with van der Waals surface area (Å²) in [5.41, 5.74) is 7.81. The fourth-order valence-electron chi connectivity index (χ4n) is 2.06. The number of hydrogen-bond donors (Lipinski definition) is 2. The van der Waals surface area contributed by atoms with Crippen LogP contribution in [0.1, 0.15) is 23.6 Å². The number of nitrogens with one attached hydrogen (secondary N) is 1. The highest BCUT2D eigenvalue weighted by Gasteiger charge is 2.11. The number of nitro groups is 1. The second kappa shape index (κ2) is 6.81. The van der Waals surface area contributed by atoms with Crippen molar-refractivity contribution in [1.29, 1.82) is 0 Å². The minimum absolute atomic E-state index is 0.0292. The lowest BCUT2D eigenvalue weighted by atomic mass is 10.1. The van der Waals surface area contributed by atoms with Gasteiger partial charge in [-0.3, -0.25) is 10.1 Å². The lowest BCUT2D eigenvalue weighted by Crippen LogP contribution is -2.15. The number of nitrogens with two attached hydrogens (primary N) is 1. The molecule has 21 heavy (non-hydrogen) atoms. The second-order valence-corrected chi connectivity index (χ2v) is 4.85. The van der Waals surface area contributed by atoms with Gasteiger partial charge in [0, 0.05) is 18.2 Å². The first-order chi connectivity index (χ1) is 10.1. The maximum absolute atomic E-state index is 10.7. The van der Waals surface area contributed by atoms with E-state index in [0.717, 1.165) is 12.0 Å². The highest BCUT2D eigenvalue weighted by Crippen LogP contribution is 2.19. The minimum atomic E-state index is -0.433. The smallest absolute Gasteiger partial charge is 0.290 e. The van der Waals surface area contributed by atoms with E-state index in [9.17, 15) is 10.1 Å². The maximum Gasteiger partial charge on any atom is 0.290 e. The Kier molecular flexibility index (Phi) is 4.84. The van der Waals surface area contributed by atoms with Crippen LogP contribution in [0.4, 0.5) is 11.5 Å². The summed E-state index contributed by atoms with van der Waals surface area (Å²) in [6.07, 6.45) is 2.02. The summed E-state index contributed by atoms with van der Waals surface area (Å²) >= 11 is 0. The van der Waals surface area contributed by atoms with Crippen LogP contribution in [0, 0.1) is 17.0 Å². The third kappa shape index (κ3) is 4.00. The van der Waals surface area contributed by atoms with Gasteiger partial charge in [-0.15, -0.1) is 0 Å². The van der Waals surface area contributed by atoms with Gasteiger partial charge in [0.2, 0.25) is 0 Å². The molecule has 0 amide bonds. The molecule has 1 unspecified atom stereocenters. The summed E-state index contributed by atoms with van der Waals surface area (Å²) in [7, 11) is 0. The van der Waals surface area contributed by atoms with Crippen LogP contribution >= 0.6 is 0 Å². The molecule has 1 heterocycles. The Morgan fingerprint density at radius 1 is 1.38 bits per heavy atom. The molecule has 0 aliphatic rings. The van der Waals surface area contributed by atoms with Crippen molar-refractivity contribution in [3.8, 4) is 0 Å². The summed E-state index contributed by atoms with van der Waals surface area (Å²) in [6, 6.07) is 11.5. The van der Waals surface area contributed by atoms with Gasteiger partial charge < -0.3 is 11.1 Å². The van der Waals surface area contributed by atoms with Gasteiger partial charge in [0.05, 0.1) is 4.92 Å². The molecule has 6 heteroatoms. The number of aromatic nitrogens is 1. The first kappa shape index (κ1) is 14.9. The predicted molar refractivity (Wildman–Crippen MR) is 82.1 cm³/mol. The average Bonchev–Trinajstić information content (AvgIpc) is 2.47. The van der Waals surface area contributed by atoms with E-state index in [-0.39, 0.29) is 11.7 Å². The van der Waals surface area contributed by atoms with E-state index >= 15 is 0 Å². The van der Waals surface area contributed by atoms with Gasteiger partial charge in [0.15, 0.2) is 0 Å². The second-order valence-electron chi connectivity index (χ2n) is 4.85. The van der Waals surface area contributed by atoms with Crippen molar-refractivity contribution in [3.63, 3.8) is 0 Å². The van der Waals surface area contributed by atoms with Crippen molar-refractivity contribution < 1.29 is 4.92 Å². The molecule has 1 aromatic carbocycles. The summed E-state index contributed by atoms with van der Waals surface area (Å²) in [5.74, 6) is 0.623. The molecule has 110 valence electrons. The van der Waals surface area contributed by atoms with Gasteiger partial charge in [0.25, 0.3) is 5.69 Å². The van der Waals surface area contributed by atoms with E-state index in [4.69, 9.17) is 5.73 Å². The maximum atomic E-state index is 10.7. The lowest BCUT2D eigenvalue weighted by Gasteiger charge is -2.13. The molecule has 1 aromatic heterocycles. The van der Waals surface area contributed by atoms with Crippen molar-refractivity contribution in [2.75, 3.05) is 11.9 Å². The Morgan fingerprint density at radius 3 is 2.71 bits per heavy atom. The number of benzene rings is 1. The van der Waals surface area contributed by atoms with Crippen molar-refractivity contribution in [2.24, 2.45) is 5.73 Å². The molecule has 0 aliphatic carbocycles. The van der Waals surface area contributed by atoms with Gasteiger partial charge >= 0.3 is 0 Å². The highest BCUT2D eigenvalue weighted by molar-refractivity contribution is 5.46. The molecule has 0 aliphatic heterocycles. The van der Waals surface area contributed by atoms with E-state index in [0.29, 0.717) is 17.9 Å². The van der Waals surface area contributed by atoms with Crippen LogP contribution in [0.5, 0.6) is 0 Å². The topological polar surface area (TPSA) is 94.1 Å². The van der Waals surface area contributed by atoms with Gasteiger partial charge in [-0.25, -0.2) is 4.98 Å². The van der Waals surface area contributed by atoms with Gasteiger partial charge in [0.1, 0.15) is 12.0 Å². The molecule has 3 N–H and O–H groups in total. The minimum Gasteiger partial charge on any atom is -0.370 e. The fourth-order valence-corrected chi connectivity index (χ4v) is 2.06. The van der Waals surface area contributed by atoms with Crippen LogP contribution in [0.3, 0.4) is 0 Å². The van der Waals surface area contributed by atoms with Crippen LogP contribution in [0.25, 0.3) is 0 Å². The number of aryl methyl sites for hydroxylation is 1. The normalized spacial score (nSPS) is 11.9. The van der Waals surface area contributed by atoms with Gasteiger partial charge in [-0.1, -0.05) is 30.3 Å². The zero-order valence-electron chi connectivity index (χ0n) is 11.8. The molecular formula is C15H18N4O2.